The lowest BCUT2D eigenvalue weighted by molar-refractivity contribution is 0.102. The van der Waals surface area contributed by atoms with Crippen LogP contribution >= 0.6 is 22.9 Å². The van der Waals surface area contributed by atoms with Crippen LogP contribution in [0.25, 0.3) is 10.2 Å². The van der Waals surface area contributed by atoms with Crippen molar-refractivity contribution >= 4 is 54.2 Å². The zero-order valence-electron chi connectivity index (χ0n) is 17.9. The number of thiazole rings is 1. The number of anilines is 1. The van der Waals surface area contributed by atoms with Crippen LogP contribution in [0, 0.1) is 5.82 Å². The minimum absolute atomic E-state index is 0.00348. The highest BCUT2D eigenvalue weighted by Crippen LogP contribution is 2.30. The average molecular weight is 498 g/mol. The highest BCUT2D eigenvalue weighted by Gasteiger charge is 2.24. The number of hydrogen-bond acceptors (Lipinski definition) is 5. The summed E-state index contributed by atoms with van der Waals surface area (Å²) in [4.78, 5) is 17.0. The molecule has 0 saturated heterocycles. The molecule has 172 valence electrons. The van der Waals surface area contributed by atoms with Crippen molar-refractivity contribution in [3.05, 3.63) is 52.8 Å². The van der Waals surface area contributed by atoms with Gasteiger partial charge in [-0.2, -0.15) is 4.31 Å². The number of nitrogens with one attached hydrogen (secondary N) is 1. The number of aromatic nitrogens is 1. The van der Waals surface area contributed by atoms with Crippen LogP contribution in [-0.2, 0) is 10.0 Å². The molecule has 1 N–H and O–H groups in total. The number of benzene rings is 2. The largest absolute Gasteiger partial charge is 0.298 e. The van der Waals surface area contributed by atoms with Crippen LogP contribution in [0.4, 0.5) is 9.52 Å². The zero-order chi connectivity index (χ0) is 23.3. The van der Waals surface area contributed by atoms with Gasteiger partial charge in [0.25, 0.3) is 5.91 Å². The van der Waals surface area contributed by atoms with Crippen molar-refractivity contribution in [3.63, 3.8) is 0 Å². The Morgan fingerprint density at radius 1 is 1.16 bits per heavy atom. The van der Waals surface area contributed by atoms with E-state index in [0.29, 0.717) is 23.3 Å². The lowest BCUT2D eigenvalue weighted by Crippen LogP contribution is -2.33. The minimum Gasteiger partial charge on any atom is -0.298 e. The van der Waals surface area contributed by atoms with Gasteiger partial charge in [0.1, 0.15) is 5.82 Å². The van der Waals surface area contributed by atoms with E-state index < -0.39 is 21.7 Å². The molecule has 0 aliphatic heterocycles. The first kappa shape index (κ1) is 24.6. The van der Waals surface area contributed by atoms with Crippen LogP contribution in [0.2, 0.25) is 5.02 Å². The van der Waals surface area contributed by atoms with E-state index in [-0.39, 0.29) is 20.6 Å². The Morgan fingerprint density at radius 2 is 1.84 bits per heavy atom. The summed E-state index contributed by atoms with van der Waals surface area (Å²) in [5.74, 6) is -1.45. The predicted molar refractivity (Wildman–Crippen MR) is 128 cm³/mol. The second kappa shape index (κ2) is 10.7. The fraction of sp³-hybridized carbons (Fsp3) is 0.364. The van der Waals surface area contributed by atoms with Gasteiger partial charge in [0, 0.05) is 13.1 Å². The lowest BCUT2D eigenvalue weighted by atomic mass is 10.2. The minimum atomic E-state index is -3.65. The van der Waals surface area contributed by atoms with E-state index in [4.69, 9.17) is 11.6 Å². The maximum atomic E-state index is 14.0. The number of carbonyl (C=O) groups excluding carboxylic acids is 1. The quantitative estimate of drug-likeness (QED) is 0.376. The van der Waals surface area contributed by atoms with E-state index in [9.17, 15) is 17.6 Å². The van der Waals surface area contributed by atoms with Gasteiger partial charge in [0.15, 0.2) is 5.13 Å². The third-order valence-corrected chi connectivity index (χ3v) is 8.07. The van der Waals surface area contributed by atoms with E-state index in [0.717, 1.165) is 43.1 Å². The average Bonchev–Trinajstić information content (AvgIpc) is 3.14. The van der Waals surface area contributed by atoms with Crippen LogP contribution in [0.1, 0.15) is 49.9 Å². The first-order valence-electron chi connectivity index (χ1n) is 10.4. The van der Waals surface area contributed by atoms with Gasteiger partial charge in [-0.25, -0.2) is 17.8 Å². The third-order valence-electron chi connectivity index (χ3n) is 4.93. The molecule has 6 nitrogen and oxygen atoms in total. The first-order chi connectivity index (χ1) is 15.3. The molecular weight excluding hydrogens is 473 g/mol. The van der Waals surface area contributed by atoms with Crippen molar-refractivity contribution in [2.75, 3.05) is 18.4 Å². The number of nitrogens with zero attached hydrogens (tertiary/aromatic N) is 2. The predicted octanol–water partition coefficient (Wildman–Crippen LogP) is 5.93. The number of sulfonamides is 1. The van der Waals surface area contributed by atoms with Crippen molar-refractivity contribution in [1.29, 1.82) is 0 Å². The van der Waals surface area contributed by atoms with E-state index in [2.05, 4.69) is 10.3 Å². The molecule has 0 atom stereocenters. The Kier molecular flexibility index (Phi) is 8.21. The fourth-order valence-corrected chi connectivity index (χ4v) is 5.93. The Balaban J connectivity index is 1.87. The van der Waals surface area contributed by atoms with Gasteiger partial charge in [-0.05, 0) is 43.2 Å². The molecule has 1 amide bonds. The first-order valence-corrected chi connectivity index (χ1v) is 13.1. The maximum absolute atomic E-state index is 14.0. The molecule has 3 aromatic rings. The standard InChI is InChI=1S/C22H25ClFN3O3S2/c1-3-5-12-27(13-6-4-2)32(29,30)15-10-11-18-19(14-15)31-22(25-18)26-21(28)20-16(23)8-7-9-17(20)24/h7-11,14H,3-6,12-13H2,1-2H3,(H,25,26,28). The Hall–Kier alpha value is -2.07. The molecule has 2 aromatic carbocycles. The Labute approximate surface area is 196 Å². The molecule has 0 spiro atoms. The van der Waals surface area contributed by atoms with E-state index in [1.807, 2.05) is 13.8 Å². The van der Waals surface area contributed by atoms with Crippen molar-refractivity contribution in [2.45, 2.75) is 44.4 Å². The molecule has 1 heterocycles. The summed E-state index contributed by atoms with van der Waals surface area (Å²) in [5.41, 5.74) is 0.275. The molecule has 0 unspecified atom stereocenters. The van der Waals surface area contributed by atoms with Gasteiger partial charge in [-0.15, -0.1) is 0 Å². The molecule has 0 bridgehead atoms. The van der Waals surface area contributed by atoms with Gasteiger partial charge >= 0.3 is 0 Å². The molecule has 0 radical (unpaired) electrons. The normalized spacial score (nSPS) is 11.9. The number of unbranched alkanes of at least 4 members (excludes halogenated alkanes) is 2. The summed E-state index contributed by atoms with van der Waals surface area (Å²) < 4.78 is 42.6. The van der Waals surface area contributed by atoms with Gasteiger partial charge in [0.05, 0.1) is 25.7 Å². The lowest BCUT2D eigenvalue weighted by Gasteiger charge is -2.21. The number of carbonyl (C=O) groups is 1. The van der Waals surface area contributed by atoms with E-state index in [1.165, 1.54) is 22.5 Å². The summed E-state index contributed by atoms with van der Waals surface area (Å²) >= 11 is 7.07. The van der Waals surface area contributed by atoms with Crippen molar-refractivity contribution in [3.8, 4) is 0 Å². The number of rotatable bonds is 10. The summed E-state index contributed by atoms with van der Waals surface area (Å²) in [7, 11) is -3.65. The van der Waals surface area contributed by atoms with Gasteiger partial charge in [-0.1, -0.05) is 55.7 Å². The highest BCUT2D eigenvalue weighted by atomic mass is 35.5. The fourth-order valence-electron chi connectivity index (χ4n) is 3.16. The Morgan fingerprint density at radius 3 is 2.47 bits per heavy atom. The summed E-state index contributed by atoms with van der Waals surface area (Å²) in [6.45, 7) is 5.01. The van der Waals surface area contributed by atoms with E-state index in [1.54, 1.807) is 12.1 Å². The number of halogens is 2. The number of amides is 1. The smallest absolute Gasteiger partial charge is 0.261 e. The molecule has 3 rings (SSSR count). The van der Waals surface area contributed by atoms with Gasteiger partial charge < -0.3 is 0 Å². The molecule has 1 aromatic heterocycles. The molecule has 0 saturated carbocycles. The molecular formula is C22H25ClFN3O3S2. The van der Waals surface area contributed by atoms with Crippen LogP contribution in [0.3, 0.4) is 0 Å². The molecule has 0 aliphatic rings. The van der Waals surface area contributed by atoms with Gasteiger partial charge in [0.2, 0.25) is 10.0 Å². The molecule has 32 heavy (non-hydrogen) atoms. The molecule has 0 fully saturated rings. The van der Waals surface area contributed by atoms with Crippen LogP contribution < -0.4 is 5.32 Å². The Bertz CT molecular complexity index is 1190. The summed E-state index contributed by atoms with van der Waals surface area (Å²) in [6, 6.07) is 8.71. The van der Waals surface area contributed by atoms with Crippen molar-refractivity contribution < 1.29 is 17.6 Å². The SMILES string of the molecule is CCCCN(CCCC)S(=O)(=O)c1ccc2nc(NC(=O)c3c(F)cccc3Cl)sc2c1. The number of fused-ring (bicyclic) bond motifs is 1. The third kappa shape index (κ3) is 5.46. The maximum Gasteiger partial charge on any atom is 0.261 e. The van der Waals surface area contributed by atoms with Crippen LogP contribution in [0.15, 0.2) is 41.3 Å². The highest BCUT2D eigenvalue weighted by molar-refractivity contribution is 7.89. The monoisotopic (exact) mass is 497 g/mol. The molecule has 10 heteroatoms. The second-order valence-corrected chi connectivity index (χ2v) is 10.7. The number of hydrogen-bond donors (Lipinski definition) is 1. The topological polar surface area (TPSA) is 79.4 Å². The van der Waals surface area contributed by atoms with Gasteiger partial charge in [-0.3, -0.25) is 10.1 Å². The molecule has 0 aliphatic carbocycles. The zero-order valence-corrected chi connectivity index (χ0v) is 20.3. The van der Waals surface area contributed by atoms with Crippen molar-refractivity contribution in [1.82, 2.24) is 9.29 Å². The van der Waals surface area contributed by atoms with Crippen molar-refractivity contribution in [2.24, 2.45) is 0 Å². The van der Waals surface area contributed by atoms with Crippen LogP contribution in [0.5, 0.6) is 0 Å². The van der Waals surface area contributed by atoms with E-state index >= 15 is 0 Å². The summed E-state index contributed by atoms with van der Waals surface area (Å²) in [5, 5.41) is 2.78. The summed E-state index contributed by atoms with van der Waals surface area (Å²) in [6.07, 6.45) is 3.39. The second-order valence-electron chi connectivity index (χ2n) is 7.31. The van der Waals surface area contributed by atoms with Crippen LogP contribution in [-0.4, -0.2) is 36.7 Å².